The van der Waals surface area contributed by atoms with Gasteiger partial charge in [0, 0.05) is 12.6 Å². The van der Waals surface area contributed by atoms with Gasteiger partial charge in [-0.3, -0.25) is 14.5 Å². The summed E-state index contributed by atoms with van der Waals surface area (Å²) in [7, 11) is 1.82. The van der Waals surface area contributed by atoms with Crippen molar-refractivity contribution in [1.29, 1.82) is 0 Å². The van der Waals surface area contributed by atoms with Gasteiger partial charge in [-0.05, 0) is 25.6 Å². The number of primary amides is 1. The predicted octanol–water partition coefficient (Wildman–Crippen LogP) is 0.689. The average molecular weight is 288 g/mol. The number of hydrogen-bond acceptors (Lipinski definition) is 4. The first kappa shape index (κ1) is 13.3. The molecule has 1 unspecified atom stereocenters. The van der Waals surface area contributed by atoms with Gasteiger partial charge >= 0.3 is 0 Å². The average Bonchev–Trinajstić information content (AvgIpc) is 2.85. The van der Waals surface area contributed by atoms with Gasteiger partial charge in [-0.2, -0.15) is 0 Å². The summed E-state index contributed by atoms with van der Waals surface area (Å²) >= 11 is 7.01. The molecule has 0 spiro atoms. The van der Waals surface area contributed by atoms with Gasteiger partial charge in [0.2, 0.25) is 5.91 Å². The number of thiophene rings is 1. The zero-order valence-electron chi connectivity index (χ0n) is 9.85. The summed E-state index contributed by atoms with van der Waals surface area (Å²) in [6.45, 7) is 0.623. The van der Waals surface area contributed by atoms with Gasteiger partial charge in [0.25, 0.3) is 5.91 Å². The molecule has 98 valence electrons. The number of nitrogens with one attached hydrogen (secondary N) is 1. The monoisotopic (exact) mass is 287 g/mol. The zero-order valence-corrected chi connectivity index (χ0v) is 11.4. The van der Waals surface area contributed by atoms with E-state index in [0.29, 0.717) is 22.2 Å². The molecule has 0 aliphatic carbocycles. The molecule has 18 heavy (non-hydrogen) atoms. The van der Waals surface area contributed by atoms with Crippen molar-refractivity contribution >= 4 is 34.8 Å². The van der Waals surface area contributed by atoms with Crippen molar-refractivity contribution in [3.8, 4) is 0 Å². The highest BCUT2D eigenvalue weighted by Gasteiger charge is 2.34. The molecule has 1 aliphatic rings. The van der Waals surface area contributed by atoms with Crippen LogP contribution in [0.5, 0.6) is 0 Å². The van der Waals surface area contributed by atoms with Crippen LogP contribution in [-0.2, 0) is 4.79 Å². The van der Waals surface area contributed by atoms with Crippen LogP contribution in [-0.4, -0.2) is 42.4 Å². The summed E-state index contributed by atoms with van der Waals surface area (Å²) in [5.41, 5.74) is 5.29. The van der Waals surface area contributed by atoms with E-state index in [9.17, 15) is 9.59 Å². The number of rotatable bonds is 3. The minimum atomic E-state index is -0.353. The van der Waals surface area contributed by atoms with Crippen molar-refractivity contribution in [2.75, 3.05) is 13.6 Å². The highest BCUT2D eigenvalue weighted by Crippen LogP contribution is 2.22. The van der Waals surface area contributed by atoms with Crippen molar-refractivity contribution in [1.82, 2.24) is 10.2 Å². The molecule has 0 aromatic carbocycles. The van der Waals surface area contributed by atoms with E-state index in [4.69, 9.17) is 17.3 Å². The molecular formula is C11H14ClN3O2S. The number of nitrogens with zero attached hydrogens (tertiary/aromatic N) is 1. The van der Waals surface area contributed by atoms with E-state index in [0.717, 1.165) is 0 Å². The molecule has 2 rings (SSSR count). The fourth-order valence-corrected chi connectivity index (χ4v) is 3.08. The molecule has 1 saturated heterocycles. The van der Waals surface area contributed by atoms with Gasteiger partial charge < -0.3 is 11.1 Å². The molecule has 0 saturated carbocycles. The lowest BCUT2D eigenvalue weighted by Crippen LogP contribution is -2.37. The Bertz CT molecular complexity index is 477. The molecule has 2 amide bonds. The van der Waals surface area contributed by atoms with Crippen molar-refractivity contribution in [3.63, 3.8) is 0 Å². The number of carbonyl (C=O) groups excluding carboxylic acids is 2. The van der Waals surface area contributed by atoms with Crippen LogP contribution >= 0.6 is 22.9 Å². The molecule has 2 atom stereocenters. The third-order valence-electron chi connectivity index (χ3n) is 3.01. The van der Waals surface area contributed by atoms with Gasteiger partial charge in [-0.1, -0.05) is 11.6 Å². The maximum atomic E-state index is 11.9. The molecule has 0 bridgehead atoms. The first-order valence-corrected chi connectivity index (χ1v) is 6.72. The third-order valence-corrected chi connectivity index (χ3v) is 4.24. The van der Waals surface area contributed by atoms with Crippen molar-refractivity contribution in [2.24, 2.45) is 5.73 Å². The Morgan fingerprint density at radius 3 is 2.78 bits per heavy atom. The van der Waals surface area contributed by atoms with Crippen LogP contribution in [0.3, 0.4) is 0 Å². The van der Waals surface area contributed by atoms with E-state index >= 15 is 0 Å². The van der Waals surface area contributed by atoms with E-state index in [2.05, 4.69) is 5.32 Å². The fourth-order valence-electron chi connectivity index (χ4n) is 2.13. The second-order valence-corrected chi connectivity index (χ2v) is 6.08. The number of carbonyl (C=O) groups is 2. The van der Waals surface area contributed by atoms with E-state index in [-0.39, 0.29) is 23.9 Å². The summed E-state index contributed by atoms with van der Waals surface area (Å²) < 4.78 is 0.582. The minimum Gasteiger partial charge on any atom is -0.368 e. The largest absolute Gasteiger partial charge is 0.368 e. The summed E-state index contributed by atoms with van der Waals surface area (Å²) in [6.07, 6.45) is 0.552. The molecule has 1 fully saturated rings. The molecule has 3 N–H and O–H groups in total. The normalized spacial score (nSPS) is 24.1. The maximum Gasteiger partial charge on any atom is 0.261 e. The smallest absolute Gasteiger partial charge is 0.261 e. The molecule has 1 aromatic rings. The van der Waals surface area contributed by atoms with E-state index < -0.39 is 0 Å². The maximum absolute atomic E-state index is 11.9. The molecule has 0 radical (unpaired) electrons. The summed E-state index contributed by atoms with van der Waals surface area (Å²) in [5.74, 6) is -0.510. The number of likely N-dealkylation sites (tertiary alicyclic amines) is 1. The molecular weight excluding hydrogens is 274 g/mol. The number of halogens is 1. The van der Waals surface area contributed by atoms with Crippen molar-refractivity contribution < 1.29 is 9.59 Å². The van der Waals surface area contributed by atoms with Gasteiger partial charge in [0.15, 0.2) is 0 Å². The molecule has 5 nitrogen and oxygen atoms in total. The molecule has 1 aromatic heterocycles. The topological polar surface area (TPSA) is 75.4 Å². The standard InChI is InChI=1S/C11H14ClN3O2S/c1-15-5-6(4-7(15)10(13)16)14-11(17)8-2-3-9(12)18-8/h2-3,6-7H,4-5H2,1H3,(H2,13,16)(H,14,17)/t6?,7-/m0/s1. The second kappa shape index (κ2) is 5.26. The summed E-state index contributed by atoms with van der Waals surface area (Å²) in [6, 6.07) is 3.02. The lowest BCUT2D eigenvalue weighted by Gasteiger charge is -2.14. The second-order valence-electron chi connectivity index (χ2n) is 4.37. The van der Waals surface area contributed by atoms with Gasteiger partial charge in [-0.25, -0.2) is 0 Å². The van der Waals surface area contributed by atoms with E-state index in [1.54, 1.807) is 12.1 Å². The molecule has 2 heterocycles. The van der Waals surface area contributed by atoms with Crippen LogP contribution in [0.4, 0.5) is 0 Å². The fraction of sp³-hybridized carbons (Fsp3) is 0.455. The Hall–Kier alpha value is -1.11. The van der Waals surface area contributed by atoms with Crippen LogP contribution in [0.2, 0.25) is 4.34 Å². The van der Waals surface area contributed by atoms with Crippen molar-refractivity contribution in [3.05, 3.63) is 21.3 Å². The molecule has 7 heteroatoms. The number of nitrogens with two attached hydrogens (primary N) is 1. The van der Waals surface area contributed by atoms with Crippen LogP contribution in [0.1, 0.15) is 16.1 Å². The van der Waals surface area contributed by atoms with Crippen LogP contribution in [0.15, 0.2) is 12.1 Å². The Balaban J connectivity index is 1.95. The lowest BCUT2D eigenvalue weighted by atomic mass is 10.1. The van der Waals surface area contributed by atoms with Crippen LogP contribution < -0.4 is 11.1 Å². The van der Waals surface area contributed by atoms with Crippen LogP contribution in [0, 0.1) is 0 Å². The van der Waals surface area contributed by atoms with Gasteiger partial charge in [0.1, 0.15) is 0 Å². The number of likely N-dealkylation sites (N-methyl/N-ethyl adjacent to an activating group) is 1. The summed E-state index contributed by atoms with van der Waals surface area (Å²) in [4.78, 5) is 25.5. The Labute approximate surface area is 114 Å². The van der Waals surface area contributed by atoms with Crippen LogP contribution in [0.25, 0.3) is 0 Å². The first-order valence-electron chi connectivity index (χ1n) is 5.53. The van der Waals surface area contributed by atoms with E-state index in [1.807, 2.05) is 11.9 Å². The minimum absolute atomic E-state index is 0.0547. The third kappa shape index (κ3) is 2.82. The number of amides is 2. The Morgan fingerprint density at radius 2 is 2.28 bits per heavy atom. The number of hydrogen-bond donors (Lipinski definition) is 2. The van der Waals surface area contributed by atoms with Gasteiger partial charge in [-0.15, -0.1) is 11.3 Å². The zero-order chi connectivity index (χ0) is 13.3. The highest BCUT2D eigenvalue weighted by molar-refractivity contribution is 7.17. The van der Waals surface area contributed by atoms with Gasteiger partial charge in [0.05, 0.1) is 15.3 Å². The Kier molecular flexibility index (Phi) is 3.89. The lowest BCUT2D eigenvalue weighted by molar-refractivity contribution is -0.121. The summed E-state index contributed by atoms with van der Waals surface area (Å²) in [5, 5.41) is 2.89. The highest BCUT2D eigenvalue weighted by atomic mass is 35.5. The van der Waals surface area contributed by atoms with Crippen molar-refractivity contribution in [2.45, 2.75) is 18.5 Å². The first-order chi connectivity index (χ1) is 8.47. The quantitative estimate of drug-likeness (QED) is 0.859. The Morgan fingerprint density at radius 1 is 1.56 bits per heavy atom. The molecule has 1 aliphatic heterocycles. The van der Waals surface area contributed by atoms with E-state index in [1.165, 1.54) is 11.3 Å². The predicted molar refractivity (Wildman–Crippen MR) is 70.8 cm³/mol. The SMILES string of the molecule is CN1CC(NC(=O)c2ccc(Cl)s2)C[C@H]1C(N)=O.